The lowest BCUT2D eigenvalue weighted by atomic mass is 10.2. The highest BCUT2D eigenvalue weighted by molar-refractivity contribution is 7.71. The topological polar surface area (TPSA) is 53.9 Å². The van der Waals surface area contributed by atoms with Gasteiger partial charge >= 0.3 is 0 Å². The highest BCUT2D eigenvalue weighted by Gasteiger charge is 2.21. The third-order valence-corrected chi connectivity index (χ3v) is 2.99. The number of hydrogen-bond acceptors (Lipinski definition) is 3. The van der Waals surface area contributed by atoms with Gasteiger partial charge < -0.3 is 4.90 Å². The number of aromatic amines is 1. The lowest BCUT2D eigenvalue weighted by Gasteiger charge is -2.23. The molecule has 0 aliphatic rings. The minimum atomic E-state index is -0.300. The zero-order chi connectivity index (χ0) is 12.3. The first-order valence-corrected chi connectivity index (χ1v) is 5.86. The van der Waals surface area contributed by atoms with Crippen LogP contribution in [-0.4, -0.2) is 38.7 Å². The van der Waals surface area contributed by atoms with Gasteiger partial charge in [0.1, 0.15) is 11.9 Å². The Labute approximate surface area is 100 Å². The third kappa shape index (κ3) is 2.32. The predicted molar refractivity (Wildman–Crippen MR) is 64.8 cm³/mol. The van der Waals surface area contributed by atoms with Crippen molar-refractivity contribution in [2.75, 3.05) is 13.1 Å². The summed E-state index contributed by atoms with van der Waals surface area (Å²) in [6.07, 6.45) is 0. The summed E-state index contributed by atoms with van der Waals surface area (Å²) in [6.45, 7) is 9.04. The van der Waals surface area contributed by atoms with Crippen LogP contribution >= 0.6 is 12.2 Å². The van der Waals surface area contributed by atoms with E-state index in [1.807, 2.05) is 27.7 Å². The van der Waals surface area contributed by atoms with Gasteiger partial charge in [-0.3, -0.25) is 14.5 Å². The molecule has 1 atom stereocenters. The van der Waals surface area contributed by atoms with Gasteiger partial charge in [-0.15, -0.1) is 0 Å². The van der Waals surface area contributed by atoms with Gasteiger partial charge in [0.25, 0.3) is 0 Å². The third-order valence-electron chi connectivity index (χ3n) is 2.70. The van der Waals surface area contributed by atoms with Gasteiger partial charge in [0.15, 0.2) is 4.77 Å². The van der Waals surface area contributed by atoms with Crippen molar-refractivity contribution in [1.29, 1.82) is 0 Å². The van der Waals surface area contributed by atoms with Crippen molar-refractivity contribution in [2.45, 2.75) is 33.7 Å². The van der Waals surface area contributed by atoms with Crippen LogP contribution in [-0.2, 0) is 4.79 Å². The minimum absolute atomic E-state index is 0.0746. The molecule has 5 nitrogen and oxygen atoms in total. The predicted octanol–water partition coefficient (Wildman–Crippen LogP) is 1.68. The zero-order valence-corrected chi connectivity index (χ0v) is 11.0. The normalized spacial score (nSPS) is 12.5. The molecule has 90 valence electrons. The van der Waals surface area contributed by atoms with Crippen LogP contribution in [0, 0.1) is 11.7 Å². The molecule has 0 aliphatic heterocycles. The number of aromatic nitrogens is 3. The largest absolute Gasteiger partial charge is 0.341 e. The van der Waals surface area contributed by atoms with Gasteiger partial charge in [-0.05, 0) is 39.9 Å². The molecule has 0 radical (unpaired) electrons. The molecular formula is C10H18N4OS. The van der Waals surface area contributed by atoms with E-state index in [2.05, 4.69) is 10.2 Å². The molecule has 1 rings (SSSR count). The summed E-state index contributed by atoms with van der Waals surface area (Å²) in [7, 11) is 0. The molecule has 1 heterocycles. The Morgan fingerprint density at radius 3 is 2.50 bits per heavy atom. The van der Waals surface area contributed by atoms with Gasteiger partial charge in [0, 0.05) is 13.1 Å². The molecule has 1 aromatic rings. The van der Waals surface area contributed by atoms with Crippen molar-refractivity contribution < 1.29 is 4.79 Å². The van der Waals surface area contributed by atoms with Gasteiger partial charge in [0.05, 0.1) is 0 Å². The fourth-order valence-corrected chi connectivity index (χ4v) is 2.09. The fourth-order valence-electron chi connectivity index (χ4n) is 1.75. The maximum atomic E-state index is 12.1. The number of amides is 1. The molecule has 0 saturated carbocycles. The van der Waals surface area contributed by atoms with Crippen LogP contribution in [0.3, 0.4) is 0 Å². The van der Waals surface area contributed by atoms with E-state index in [1.165, 1.54) is 0 Å². The molecule has 6 heteroatoms. The number of nitrogens with one attached hydrogen (secondary N) is 1. The molecule has 1 N–H and O–H groups in total. The molecule has 1 aromatic heterocycles. The Bertz CT molecular complexity index is 419. The van der Waals surface area contributed by atoms with E-state index >= 15 is 0 Å². The molecule has 0 bridgehead atoms. The van der Waals surface area contributed by atoms with Crippen molar-refractivity contribution in [3.8, 4) is 0 Å². The van der Waals surface area contributed by atoms with Gasteiger partial charge in [-0.2, -0.15) is 5.10 Å². The van der Waals surface area contributed by atoms with E-state index < -0.39 is 0 Å². The summed E-state index contributed by atoms with van der Waals surface area (Å²) in [6, 6.07) is -0.300. The molecule has 0 saturated heterocycles. The van der Waals surface area contributed by atoms with Crippen molar-refractivity contribution in [1.82, 2.24) is 19.7 Å². The summed E-state index contributed by atoms with van der Waals surface area (Å²) >= 11 is 5.10. The standard InChI is InChI=1S/C10H18N4OS/c1-5-13(6-2)9(15)7(3)14-8(4)11-12-10(14)16/h7H,5-6H2,1-4H3,(H,12,16). The monoisotopic (exact) mass is 242 g/mol. The zero-order valence-electron chi connectivity index (χ0n) is 10.1. The molecule has 0 aromatic carbocycles. The van der Waals surface area contributed by atoms with Crippen LogP contribution in [0.5, 0.6) is 0 Å². The van der Waals surface area contributed by atoms with E-state index in [0.717, 1.165) is 5.82 Å². The highest BCUT2D eigenvalue weighted by Crippen LogP contribution is 2.12. The molecule has 0 fully saturated rings. The summed E-state index contributed by atoms with van der Waals surface area (Å²) in [4.78, 5) is 13.9. The average molecular weight is 242 g/mol. The second-order valence-corrected chi connectivity index (χ2v) is 4.02. The van der Waals surface area contributed by atoms with Crippen LogP contribution in [0.15, 0.2) is 0 Å². The smallest absolute Gasteiger partial charge is 0.245 e. The summed E-state index contributed by atoms with van der Waals surface area (Å²) in [5, 5.41) is 6.70. The summed E-state index contributed by atoms with van der Waals surface area (Å²) in [5.41, 5.74) is 0. The van der Waals surface area contributed by atoms with Crippen molar-refractivity contribution >= 4 is 18.1 Å². The second-order valence-electron chi connectivity index (χ2n) is 3.63. The Hall–Kier alpha value is -1.17. The maximum absolute atomic E-state index is 12.1. The van der Waals surface area contributed by atoms with Crippen molar-refractivity contribution in [3.05, 3.63) is 10.6 Å². The van der Waals surface area contributed by atoms with Crippen LogP contribution < -0.4 is 0 Å². The number of carbonyl (C=O) groups excluding carboxylic acids is 1. The van der Waals surface area contributed by atoms with E-state index in [9.17, 15) is 4.79 Å². The Balaban J connectivity index is 2.98. The quantitative estimate of drug-likeness (QED) is 0.817. The Kier molecular flexibility index (Phi) is 4.23. The Morgan fingerprint density at radius 2 is 2.12 bits per heavy atom. The van der Waals surface area contributed by atoms with Crippen molar-refractivity contribution in [3.63, 3.8) is 0 Å². The summed E-state index contributed by atoms with van der Waals surface area (Å²) in [5.74, 6) is 0.809. The molecule has 0 spiro atoms. The van der Waals surface area contributed by atoms with E-state index in [-0.39, 0.29) is 11.9 Å². The first-order chi connectivity index (χ1) is 7.52. The molecule has 1 amide bonds. The molecule has 0 aliphatic carbocycles. The number of H-pyrrole nitrogens is 1. The second kappa shape index (κ2) is 5.25. The first-order valence-electron chi connectivity index (χ1n) is 5.45. The van der Waals surface area contributed by atoms with Gasteiger partial charge in [-0.25, -0.2) is 0 Å². The maximum Gasteiger partial charge on any atom is 0.245 e. The number of likely N-dealkylation sites (N-methyl/N-ethyl adjacent to an activating group) is 1. The van der Waals surface area contributed by atoms with Crippen molar-refractivity contribution in [2.24, 2.45) is 0 Å². The van der Waals surface area contributed by atoms with Crippen LogP contribution in [0.2, 0.25) is 0 Å². The fraction of sp³-hybridized carbons (Fsp3) is 0.700. The van der Waals surface area contributed by atoms with Gasteiger partial charge in [0.2, 0.25) is 5.91 Å². The first kappa shape index (κ1) is 12.9. The minimum Gasteiger partial charge on any atom is -0.341 e. The molecule has 1 unspecified atom stereocenters. The average Bonchev–Trinajstić information content (AvgIpc) is 2.59. The SMILES string of the molecule is CCN(CC)C(=O)C(C)n1c(C)n[nH]c1=S. The summed E-state index contributed by atoms with van der Waals surface area (Å²) < 4.78 is 2.24. The van der Waals surface area contributed by atoms with E-state index in [1.54, 1.807) is 9.47 Å². The number of carbonyl (C=O) groups is 1. The lowest BCUT2D eigenvalue weighted by molar-refractivity contribution is -0.134. The molecular weight excluding hydrogens is 224 g/mol. The van der Waals surface area contributed by atoms with Crippen LogP contribution in [0.4, 0.5) is 0 Å². The number of rotatable bonds is 4. The highest BCUT2D eigenvalue weighted by atomic mass is 32.1. The number of aryl methyl sites for hydroxylation is 1. The van der Waals surface area contributed by atoms with Crippen LogP contribution in [0.1, 0.15) is 32.6 Å². The molecule has 16 heavy (non-hydrogen) atoms. The lowest BCUT2D eigenvalue weighted by Crippen LogP contribution is -2.36. The van der Waals surface area contributed by atoms with Crippen LogP contribution in [0.25, 0.3) is 0 Å². The number of hydrogen-bond donors (Lipinski definition) is 1. The van der Waals surface area contributed by atoms with E-state index in [4.69, 9.17) is 12.2 Å². The van der Waals surface area contributed by atoms with E-state index in [0.29, 0.717) is 17.9 Å². The Morgan fingerprint density at radius 1 is 1.56 bits per heavy atom. The number of nitrogens with zero attached hydrogens (tertiary/aromatic N) is 3. The van der Waals surface area contributed by atoms with Gasteiger partial charge in [-0.1, -0.05) is 0 Å².